The summed E-state index contributed by atoms with van der Waals surface area (Å²) in [7, 11) is -2.00. The number of nitrogens with zero attached hydrogens (tertiary/aromatic N) is 4. The molecule has 0 saturated heterocycles. The van der Waals surface area contributed by atoms with E-state index in [1.165, 1.54) is 7.11 Å². The average Bonchev–Trinajstić information content (AvgIpc) is 2.63. The maximum absolute atomic E-state index is 11.6. The molecule has 0 N–H and O–H groups in total. The normalized spacial score (nSPS) is 11.9. The molecule has 0 radical (unpaired) electrons. The zero-order valence-electron chi connectivity index (χ0n) is 9.81. The Hall–Kier alpha value is -1.97. The van der Waals surface area contributed by atoms with Crippen molar-refractivity contribution >= 4 is 22.0 Å². The van der Waals surface area contributed by atoms with Gasteiger partial charge in [-0.1, -0.05) is 0 Å². The molecule has 0 aromatic carbocycles. The van der Waals surface area contributed by atoms with Crippen LogP contribution in [-0.2, 0) is 25.9 Å². The van der Waals surface area contributed by atoms with Crippen molar-refractivity contribution in [3.63, 3.8) is 0 Å². The zero-order chi connectivity index (χ0) is 13.8. The van der Waals surface area contributed by atoms with E-state index < -0.39 is 21.5 Å². The third-order valence-electron chi connectivity index (χ3n) is 1.89. The Kier molecular flexibility index (Phi) is 4.37. The highest BCUT2D eigenvalue weighted by Crippen LogP contribution is 1.86. The number of rotatable bonds is 5. The van der Waals surface area contributed by atoms with Crippen LogP contribution in [0.3, 0.4) is 0 Å². The van der Waals surface area contributed by atoms with Crippen LogP contribution in [0.1, 0.15) is 0 Å². The molecule has 1 aromatic rings. The molecule has 10 heteroatoms. The lowest BCUT2D eigenvalue weighted by Gasteiger charge is -1.95. The standard InChI is InChI=1S/C8H12N4O5S/c1-17-7(13)3-4-11-8(14)12(10-9-11)5-6-18(2,15)16/h3-4H,5-6H2,1-2H3/b4-3-. The number of tetrazole rings is 1. The van der Waals surface area contributed by atoms with Gasteiger partial charge in [0.1, 0.15) is 9.84 Å². The van der Waals surface area contributed by atoms with E-state index in [0.29, 0.717) is 0 Å². The van der Waals surface area contributed by atoms with Gasteiger partial charge in [0.05, 0.1) is 19.4 Å². The minimum atomic E-state index is -3.19. The number of hydrogen-bond acceptors (Lipinski definition) is 7. The molecule has 9 nitrogen and oxygen atoms in total. The van der Waals surface area contributed by atoms with Crippen LogP contribution in [0.5, 0.6) is 0 Å². The number of ether oxygens (including phenoxy) is 1. The summed E-state index contributed by atoms with van der Waals surface area (Å²) in [5, 5.41) is 6.92. The Balaban J connectivity index is 2.82. The van der Waals surface area contributed by atoms with Crippen LogP contribution in [-0.4, -0.2) is 53.3 Å². The molecule has 0 aliphatic heterocycles. The molecule has 0 fully saturated rings. The van der Waals surface area contributed by atoms with E-state index >= 15 is 0 Å². The lowest BCUT2D eigenvalue weighted by molar-refractivity contribution is -0.134. The van der Waals surface area contributed by atoms with Crippen LogP contribution in [0, 0.1) is 0 Å². The van der Waals surface area contributed by atoms with Crippen molar-refractivity contribution in [2.75, 3.05) is 19.1 Å². The third-order valence-corrected chi connectivity index (χ3v) is 2.81. The first-order valence-corrected chi connectivity index (χ1v) is 6.86. The highest BCUT2D eigenvalue weighted by atomic mass is 32.2. The molecule has 0 saturated carbocycles. The van der Waals surface area contributed by atoms with Crippen molar-refractivity contribution in [3.05, 3.63) is 16.6 Å². The van der Waals surface area contributed by atoms with Crippen LogP contribution >= 0.6 is 0 Å². The summed E-state index contributed by atoms with van der Waals surface area (Å²) < 4.78 is 27.9. The Morgan fingerprint density at radius 1 is 1.44 bits per heavy atom. The van der Waals surface area contributed by atoms with Crippen molar-refractivity contribution in [2.45, 2.75) is 6.54 Å². The van der Waals surface area contributed by atoms with Gasteiger partial charge < -0.3 is 4.74 Å². The van der Waals surface area contributed by atoms with Gasteiger partial charge in [0.2, 0.25) is 0 Å². The van der Waals surface area contributed by atoms with Crippen molar-refractivity contribution in [3.8, 4) is 0 Å². The lowest BCUT2D eigenvalue weighted by atomic mass is 10.6. The summed E-state index contributed by atoms with van der Waals surface area (Å²) in [5.41, 5.74) is -0.640. The minimum Gasteiger partial charge on any atom is -0.466 e. The summed E-state index contributed by atoms with van der Waals surface area (Å²) in [6, 6.07) is 0. The smallest absolute Gasteiger partial charge is 0.367 e. The molecule has 0 bridgehead atoms. The number of aryl methyl sites for hydroxylation is 1. The molecule has 1 aromatic heterocycles. The van der Waals surface area contributed by atoms with E-state index in [1.807, 2.05) is 0 Å². The maximum Gasteiger partial charge on any atom is 0.367 e. The van der Waals surface area contributed by atoms with Crippen LogP contribution in [0.4, 0.5) is 0 Å². The molecule has 100 valence electrons. The van der Waals surface area contributed by atoms with Gasteiger partial charge in [-0.25, -0.2) is 18.0 Å². The van der Waals surface area contributed by atoms with E-state index in [-0.39, 0.29) is 12.3 Å². The molecule has 1 rings (SSSR count). The number of sulfone groups is 1. The largest absolute Gasteiger partial charge is 0.466 e. The van der Waals surface area contributed by atoms with Gasteiger partial charge in [-0.05, 0) is 10.4 Å². The number of carbonyl (C=O) groups is 1. The minimum absolute atomic E-state index is 0.0935. The highest BCUT2D eigenvalue weighted by Gasteiger charge is 2.08. The second kappa shape index (κ2) is 5.58. The van der Waals surface area contributed by atoms with Crippen LogP contribution < -0.4 is 5.69 Å². The summed E-state index contributed by atoms with van der Waals surface area (Å²) in [4.78, 5) is 22.4. The van der Waals surface area contributed by atoms with E-state index in [1.54, 1.807) is 0 Å². The van der Waals surface area contributed by atoms with Gasteiger partial charge >= 0.3 is 11.7 Å². The molecule has 0 atom stereocenters. The van der Waals surface area contributed by atoms with Gasteiger partial charge in [0.15, 0.2) is 0 Å². The Morgan fingerprint density at radius 3 is 2.67 bits per heavy atom. The Bertz CT molecular complexity index is 612. The quantitative estimate of drug-likeness (QED) is 0.457. The van der Waals surface area contributed by atoms with Crippen molar-refractivity contribution in [2.24, 2.45) is 0 Å². The van der Waals surface area contributed by atoms with Gasteiger partial charge in [0.25, 0.3) is 0 Å². The lowest BCUT2D eigenvalue weighted by Crippen LogP contribution is -2.25. The first-order chi connectivity index (χ1) is 8.33. The predicted molar refractivity (Wildman–Crippen MR) is 61.3 cm³/mol. The van der Waals surface area contributed by atoms with Gasteiger partial charge in [-0.3, -0.25) is 0 Å². The molecule has 0 unspecified atom stereocenters. The third kappa shape index (κ3) is 4.13. The second-order valence-electron chi connectivity index (χ2n) is 3.40. The predicted octanol–water partition coefficient (Wildman–Crippen LogP) is -1.87. The number of esters is 1. The fourth-order valence-corrected chi connectivity index (χ4v) is 1.48. The molecule has 0 spiro atoms. The molecule has 0 amide bonds. The number of aromatic nitrogens is 4. The van der Waals surface area contributed by atoms with E-state index in [4.69, 9.17) is 0 Å². The summed E-state index contributed by atoms with van der Waals surface area (Å²) in [6.07, 6.45) is 3.13. The number of hydrogen-bond donors (Lipinski definition) is 0. The Morgan fingerprint density at radius 2 is 2.11 bits per heavy atom. The van der Waals surface area contributed by atoms with Gasteiger partial charge in [-0.2, -0.15) is 9.36 Å². The molecule has 18 heavy (non-hydrogen) atoms. The van der Waals surface area contributed by atoms with E-state index in [0.717, 1.165) is 27.9 Å². The van der Waals surface area contributed by atoms with Crippen LogP contribution in [0.25, 0.3) is 6.20 Å². The SMILES string of the molecule is COC(=O)/C=C\n1nnn(CCS(C)(=O)=O)c1=O. The fraction of sp³-hybridized carbons (Fsp3) is 0.500. The Labute approximate surface area is 103 Å². The van der Waals surface area contributed by atoms with E-state index in [2.05, 4.69) is 15.2 Å². The monoisotopic (exact) mass is 276 g/mol. The summed E-state index contributed by atoms with van der Waals surface area (Å²) in [6.45, 7) is -0.0935. The second-order valence-corrected chi connectivity index (χ2v) is 5.66. The van der Waals surface area contributed by atoms with Gasteiger partial charge in [0, 0.05) is 18.5 Å². The van der Waals surface area contributed by atoms with Crippen molar-refractivity contribution in [1.29, 1.82) is 0 Å². The highest BCUT2D eigenvalue weighted by molar-refractivity contribution is 7.90. The number of carbonyl (C=O) groups excluding carboxylic acids is 1. The van der Waals surface area contributed by atoms with E-state index in [9.17, 15) is 18.0 Å². The maximum atomic E-state index is 11.6. The number of methoxy groups -OCH3 is 1. The molecular weight excluding hydrogens is 264 g/mol. The topological polar surface area (TPSA) is 113 Å². The first kappa shape index (κ1) is 14.1. The molecular formula is C8H12N4O5S. The summed E-state index contributed by atoms with van der Waals surface area (Å²) >= 11 is 0. The zero-order valence-corrected chi connectivity index (χ0v) is 10.6. The van der Waals surface area contributed by atoms with Crippen molar-refractivity contribution in [1.82, 2.24) is 19.8 Å². The fourth-order valence-electron chi connectivity index (χ4n) is 0.972. The molecule has 0 aliphatic rings. The van der Waals surface area contributed by atoms with Crippen LogP contribution in [0.2, 0.25) is 0 Å². The van der Waals surface area contributed by atoms with Gasteiger partial charge in [-0.15, -0.1) is 0 Å². The first-order valence-electron chi connectivity index (χ1n) is 4.79. The molecule has 0 aliphatic carbocycles. The van der Waals surface area contributed by atoms with Crippen molar-refractivity contribution < 1.29 is 17.9 Å². The molecule has 1 heterocycles. The van der Waals surface area contributed by atoms with Crippen LogP contribution in [0.15, 0.2) is 10.9 Å². The summed E-state index contributed by atoms with van der Waals surface area (Å²) in [5.74, 6) is -0.862. The average molecular weight is 276 g/mol.